The van der Waals surface area contributed by atoms with Crippen LogP contribution in [0.3, 0.4) is 0 Å². The van der Waals surface area contributed by atoms with Gasteiger partial charge in [-0.2, -0.15) is 0 Å². The van der Waals surface area contributed by atoms with Gasteiger partial charge < -0.3 is 9.47 Å². The molecule has 1 aliphatic rings. The highest BCUT2D eigenvalue weighted by atomic mass is 32.1. The molecule has 19 heavy (non-hydrogen) atoms. The zero-order valence-electron chi connectivity index (χ0n) is 10.4. The fourth-order valence-corrected chi connectivity index (χ4v) is 2.93. The highest BCUT2D eigenvalue weighted by molar-refractivity contribution is 7.15. The summed E-state index contributed by atoms with van der Waals surface area (Å²) < 4.78 is 34.7. The Morgan fingerprint density at radius 1 is 1.05 bits per heavy atom. The van der Waals surface area contributed by atoms with Gasteiger partial charge in [0.2, 0.25) is 0 Å². The van der Waals surface area contributed by atoms with Gasteiger partial charge in [0.25, 0.3) is 0 Å². The molecule has 0 N–H and O–H groups in total. The summed E-state index contributed by atoms with van der Waals surface area (Å²) in [5, 5.41) is 0. The summed E-state index contributed by atoms with van der Waals surface area (Å²) in [4.78, 5) is 2.29. The zero-order chi connectivity index (χ0) is 13.6. The lowest BCUT2D eigenvalue weighted by Crippen LogP contribution is -2.25. The maximum atomic E-state index is 12.9. The summed E-state index contributed by atoms with van der Waals surface area (Å²) in [6.45, 7) is 4.24. The first-order valence-corrected chi connectivity index (χ1v) is 6.76. The van der Waals surface area contributed by atoms with Gasteiger partial charge in [0.15, 0.2) is 11.5 Å². The Kier molecular flexibility index (Phi) is 2.74. The van der Waals surface area contributed by atoms with E-state index in [1.807, 2.05) is 6.07 Å². The van der Waals surface area contributed by atoms with Crippen molar-refractivity contribution >= 4 is 11.3 Å². The van der Waals surface area contributed by atoms with E-state index in [1.165, 1.54) is 10.9 Å². The quantitative estimate of drug-likeness (QED) is 0.783. The number of rotatable bonds is 2. The van der Waals surface area contributed by atoms with Crippen LogP contribution in [-0.4, -0.2) is 6.29 Å². The summed E-state index contributed by atoms with van der Waals surface area (Å²) >= 11 is 1.66. The minimum absolute atomic E-state index is 0.0781. The maximum absolute atomic E-state index is 12.9. The van der Waals surface area contributed by atoms with Gasteiger partial charge in [0.1, 0.15) is 0 Å². The van der Waals surface area contributed by atoms with Crippen LogP contribution in [0.5, 0.6) is 11.5 Å². The monoisotopic (exact) mass is 282 g/mol. The summed E-state index contributed by atoms with van der Waals surface area (Å²) in [5.74, 6) is 0.619. The minimum Gasteiger partial charge on any atom is -0.395 e. The molecule has 0 radical (unpaired) electrons. The molecule has 2 heterocycles. The number of thiophene rings is 1. The van der Waals surface area contributed by atoms with Crippen LogP contribution < -0.4 is 9.47 Å². The second-order valence-corrected chi connectivity index (χ2v) is 5.80. The third kappa shape index (κ3) is 2.30. The molecule has 0 saturated carbocycles. The van der Waals surface area contributed by atoms with E-state index in [2.05, 4.69) is 29.4 Å². The average Bonchev–Trinajstić information content (AvgIpc) is 2.89. The van der Waals surface area contributed by atoms with Gasteiger partial charge in [-0.15, -0.1) is 20.1 Å². The Hall–Kier alpha value is -1.62. The topological polar surface area (TPSA) is 18.5 Å². The van der Waals surface area contributed by atoms with Crippen LogP contribution in [-0.2, 0) is 0 Å². The Bertz CT molecular complexity index is 620. The van der Waals surface area contributed by atoms with E-state index in [0.717, 1.165) is 10.4 Å². The van der Waals surface area contributed by atoms with Crippen LogP contribution in [0.1, 0.15) is 24.6 Å². The SMILES string of the molecule is CC(C)c1ccc(-c2ccc3c(c2)OC(F)(F)O3)s1. The molecule has 0 fully saturated rings. The Morgan fingerprint density at radius 3 is 2.47 bits per heavy atom. The van der Waals surface area contributed by atoms with Gasteiger partial charge in [-0.1, -0.05) is 13.8 Å². The average molecular weight is 282 g/mol. The standard InChI is InChI=1S/C14H12F2O2S/c1-8(2)12-5-6-13(19-12)9-3-4-10-11(7-9)18-14(15,16)17-10/h3-8H,1-2H3. The van der Waals surface area contributed by atoms with Crippen LogP contribution in [0.2, 0.25) is 0 Å². The van der Waals surface area contributed by atoms with Crippen LogP contribution >= 0.6 is 11.3 Å². The molecule has 2 aromatic rings. The van der Waals surface area contributed by atoms with Crippen molar-refractivity contribution in [2.45, 2.75) is 26.1 Å². The number of hydrogen-bond acceptors (Lipinski definition) is 3. The van der Waals surface area contributed by atoms with E-state index < -0.39 is 6.29 Å². The fraction of sp³-hybridized carbons (Fsp3) is 0.286. The molecular formula is C14H12F2O2S. The zero-order valence-corrected chi connectivity index (χ0v) is 11.3. The highest BCUT2D eigenvalue weighted by Gasteiger charge is 2.43. The summed E-state index contributed by atoms with van der Waals surface area (Å²) in [5.41, 5.74) is 0.858. The van der Waals surface area contributed by atoms with E-state index in [9.17, 15) is 8.78 Å². The van der Waals surface area contributed by atoms with Crippen molar-refractivity contribution in [3.63, 3.8) is 0 Å². The van der Waals surface area contributed by atoms with Crippen LogP contribution in [0.15, 0.2) is 30.3 Å². The first-order chi connectivity index (χ1) is 8.94. The molecule has 100 valence electrons. The van der Waals surface area contributed by atoms with Gasteiger partial charge in [-0.05, 0) is 41.8 Å². The van der Waals surface area contributed by atoms with Crippen molar-refractivity contribution in [3.05, 3.63) is 35.2 Å². The van der Waals surface area contributed by atoms with E-state index in [4.69, 9.17) is 0 Å². The van der Waals surface area contributed by atoms with Gasteiger partial charge in [0, 0.05) is 9.75 Å². The van der Waals surface area contributed by atoms with E-state index in [0.29, 0.717) is 5.92 Å². The number of benzene rings is 1. The molecule has 0 unspecified atom stereocenters. The normalized spacial score (nSPS) is 16.1. The lowest BCUT2D eigenvalue weighted by molar-refractivity contribution is -0.286. The number of ether oxygens (including phenoxy) is 2. The predicted molar refractivity (Wildman–Crippen MR) is 70.0 cm³/mol. The molecule has 0 spiro atoms. The Balaban J connectivity index is 1.95. The molecule has 1 aromatic carbocycles. The van der Waals surface area contributed by atoms with Crippen molar-refractivity contribution < 1.29 is 18.3 Å². The smallest absolute Gasteiger partial charge is 0.395 e. The second-order valence-electron chi connectivity index (χ2n) is 4.69. The van der Waals surface area contributed by atoms with Crippen LogP contribution in [0.25, 0.3) is 10.4 Å². The number of halogens is 2. The van der Waals surface area contributed by atoms with Crippen LogP contribution in [0.4, 0.5) is 8.78 Å². The number of fused-ring (bicyclic) bond motifs is 1. The van der Waals surface area contributed by atoms with Gasteiger partial charge in [-0.25, -0.2) is 0 Å². The van der Waals surface area contributed by atoms with E-state index >= 15 is 0 Å². The molecule has 0 atom stereocenters. The van der Waals surface area contributed by atoms with Crippen molar-refractivity contribution in [1.29, 1.82) is 0 Å². The first-order valence-electron chi connectivity index (χ1n) is 5.94. The molecule has 2 nitrogen and oxygen atoms in total. The van der Waals surface area contributed by atoms with Gasteiger partial charge >= 0.3 is 6.29 Å². The highest BCUT2D eigenvalue weighted by Crippen LogP contribution is 2.44. The molecule has 1 aliphatic heterocycles. The van der Waals surface area contributed by atoms with Gasteiger partial charge in [-0.3, -0.25) is 0 Å². The third-order valence-electron chi connectivity index (χ3n) is 2.88. The van der Waals surface area contributed by atoms with E-state index in [-0.39, 0.29) is 11.5 Å². The number of alkyl halides is 2. The minimum atomic E-state index is -3.56. The number of hydrogen-bond donors (Lipinski definition) is 0. The second kappa shape index (κ2) is 4.20. The van der Waals surface area contributed by atoms with Crippen molar-refractivity contribution in [2.24, 2.45) is 0 Å². The molecular weight excluding hydrogens is 270 g/mol. The first kappa shape index (κ1) is 12.4. The molecule has 1 aromatic heterocycles. The molecule has 0 aliphatic carbocycles. The van der Waals surface area contributed by atoms with Crippen molar-refractivity contribution in [3.8, 4) is 21.9 Å². The summed E-state index contributed by atoms with van der Waals surface area (Å²) in [6.07, 6.45) is -3.56. The molecule has 3 rings (SSSR count). The lowest BCUT2D eigenvalue weighted by atomic mass is 10.1. The molecule has 0 amide bonds. The molecule has 0 bridgehead atoms. The van der Waals surface area contributed by atoms with Crippen molar-refractivity contribution in [1.82, 2.24) is 0 Å². The summed E-state index contributed by atoms with van der Waals surface area (Å²) in [7, 11) is 0. The molecule has 0 saturated heterocycles. The Morgan fingerprint density at radius 2 is 1.79 bits per heavy atom. The van der Waals surface area contributed by atoms with E-state index in [1.54, 1.807) is 23.5 Å². The largest absolute Gasteiger partial charge is 0.586 e. The van der Waals surface area contributed by atoms with Crippen LogP contribution in [0, 0.1) is 0 Å². The third-order valence-corrected chi connectivity index (χ3v) is 4.32. The lowest BCUT2D eigenvalue weighted by Gasteiger charge is -2.04. The molecule has 5 heteroatoms. The predicted octanol–water partition coefficient (Wildman–Crippen LogP) is 4.86. The Labute approximate surface area is 113 Å². The fourth-order valence-electron chi connectivity index (χ4n) is 1.92. The van der Waals surface area contributed by atoms with Crippen molar-refractivity contribution in [2.75, 3.05) is 0 Å². The van der Waals surface area contributed by atoms with Gasteiger partial charge in [0.05, 0.1) is 0 Å². The maximum Gasteiger partial charge on any atom is 0.586 e. The summed E-state index contributed by atoms with van der Waals surface area (Å²) in [6, 6.07) is 8.92.